The van der Waals surface area contributed by atoms with Crippen molar-refractivity contribution in [2.45, 2.75) is 18.8 Å². The number of para-hydroxylation sites is 1. The van der Waals surface area contributed by atoms with Crippen molar-refractivity contribution in [3.05, 3.63) is 53.0 Å². The molecule has 144 valence electrons. The second-order valence-electron chi connectivity index (χ2n) is 7.30. The van der Waals surface area contributed by atoms with Gasteiger partial charge in [-0.25, -0.2) is 9.97 Å². The number of carbonyl (C=O) groups is 1. The number of benzene rings is 1. The fourth-order valence-corrected chi connectivity index (χ4v) is 5.98. The smallest absolute Gasteiger partial charge is 0.226 e. The Kier molecular flexibility index (Phi) is 4.86. The average molecular weight is 411 g/mol. The SMILES string of the molecule is O=C([C@H]1CC=CC[C@H]1c1nc2ccccc2s1)N1CCN(c2nccs2)CC1. The zero-order valence-electron chi connectivity index (χ0n) is 15.5. The number of hydrogen-bond acceptors (Lipinski definition) is 6. The maximum Gasteiger partial charge on any atom is 0.226 e. The molecule has 3 aromatic rings. The Balaban J connectivity index is 1.32. The highest BCUT2D eigenvalue weighted by Crippen LogP contribution is 2.39. The van der Waals surface area contributed by atoms with E-state index in [2.05, 4.69) is 40.2 Å². The van der Waals surface area contributed by atoms with E-state index >= 15 is 0 Å². The summed E-state index contributed by atoms with van der Waals surface area (Å²) >= 11 is 3.40. The number of hydrogen-bond donors (Lipinski definition) is 0. The van der Waals surface area contributed by atoms with Crippen molar-refractivity contribution in [1.29, 1.82) is 0 Å². The Labute approximate surface area is 172 Å². The third-order valence-corrected chi connectivity index (χ3v) is 7.66. The number of allylic oxidation sites excluding steroid dienone is 2. The van der Waals surface area contributed by atoms with E-state index < -0.39 is 0 Å². The molecule has 1 amide bonds. The molecule has 1 fully saturated rings. The molecule has 0 N–H and O–H groups in total. The van der Waals surface area contributed by atoms with Crippen LogP contribution in [-0.2, 0) is 4.79 Å². The Morgan fingerprint density at radius 2 is 1.89 bits per heavy atom. The van der Waals surface area contributed by atoms with Crippen LogP contribution in [0.1, 0.15) is 23.8 Å². The van der Waals surface area contributed by atoms with Crippen LogP contribution >= 0.6 is 22.7 Å². The first-order valence-corrected chi connectivity index (χ1v) is 11.4. The number of fused-ring (bicyclic) bond motifs is 1. The van der Waals surface area contributed by atoms with Crippen LogP contribution < -0.4 is 4.90 Å². The summed E-state index contributed by atoms with van der Waals surface area (Å²) in [4.78, 5) is 27.0. The Morgan fingerprint density at radius 3 is 2.68 bits per heavy atom. The fraction of sp³-hybridized carbons (Fsp3) is 0.381. The summed E-state index contributed by atoms with van der Waals surface area (Å²) in [6.45, 7) is 3.25. The molecule has 5 nitrogen and oxygen atoms in total. The molecule has 2 aromatic heterocycles. The van der Waals surface area contributed by atoms with Gasteiger partial charge in [0.05, 0.1) is 21.1 Å². The van der Waals surface area contributed by atoms with Crippen LogP contribution in [0.25, 0.3) is 10.2 Å². The number of carbonyl (C=O) groups excluding carboxylic acids is 1. The van der Waals surface area contributed by atoms with Crippen molar-refractivity contribution in [1.82, 2.24) is 14.9 Å². The average Bonchev–Trinajstić information content (AvgIpc) is 3.43. The lowest BCUT2D eigenvalue weighted by Crippen LogP contribution is -2.51. The van der Waals surface area contributed by atoms with Crippen molar-refractivity contribution < 1.29 is 4.79 Å². The van der Waals surface area contributed by atoms with Gasteiger partial charge >= 0.3 is 0 Å². The first-order valence-electron chi connectivity index (χ1n) is 9.73. The summed E-state index contributed by atoms with van der Waals surface area (Å²) in [5.41, 5.74) is 1.04. The van der Waals surface area contributed by atoms with Gasteiger partial charge in [-0.3, -0.25) is 4.79 Å². The molecule has 7 heteroatoms. The van der Waals surface area contributed by atoms with Gasteiger partial charge in [-0.1, -0.05) is 24.3 Å². The van der Waals surface area contributed by atoms with Gasteiger partial charge < -0.3 is 9.80 Å². The van der Waals surface area contributed by atoms with E-state index in [1.54, 1.807) is 22.7 Å². The molecule has 0 unspecified atom stereocenters. The van der Waals surface area contributed by atoms with E-state index in [0.29, 0.717) is 0 Å². The predicted octanol–water partition coefficient (Wildman–Crippen LogP) is 4.15. The first-order chi connectivity index (χ1) is 13.8. The van der Waals surface area contributed by atoms with Gasteiger partial charge in [0.2, 0.25) is 5.91 Å². The Hall–Kier alpha value is -2.25. The highest BCUT2D eigenvalue weighted by Gasteiger charge is 2.36. The molecule has 1 aromatic carbocycles. The largest absolute Gasteiger partial charge is 0.345 e. The van der Waals surface area contributed by atoms with Gasteiger partial charge in [0.25, 0.3) is 0 Å². The summed E-state index contributed by atoms with van der Waals surface area (Å²) in [5.74, 6) is 0.469. The molecular weight excluding hydrogens is 388 g/mol. The predicted molar refractivity (Wildman–Crippen MR) is 115 cm³/mol. The lowest BCUT2D eigenvalue weighted by molar-refractivity contribution is -0.136. The third-order valence-electron chi connectivity index (χ3n) is 5.66. The summed E-state index contributed by atoms with van der Waals surface area (Å²) in [6, 6.07) is 8.25. The van der Waals surface area contributed by atoms with E-state index in [1.165, 1.54) is 4.70 Å². The van der Waals surface area contributed by atoms with Crippen molar-refractivity contribution in [2.75, 3.05) is 31.1 Å². The molecule has 28 heavy (non-hydrogen) atoms. The summed E-state index contributed by atoms with van der Waals surface area (Å²) < 4.78 is 1.20. The van der Waals surface area contributed by atoms with Gasteiger partial charge in [0.1, 0.15) is 0 Å². The molecule has 1 aliphatic heterocycles. The molecule has 0 radical (unpaired) electrons. The molecule has 1 saturated heterocycles. The molecule has 0 bridgehead atoms. The van der Waals surface area contributed by atoms with E-state index in [1.807, 2.05) is 22.5 Å². The van der Waals surface area contributed by atoms with Gasteiger partial charge in [-0.2, -0.15) is 0 Å². The van der Waals surface area contributed by atoms with Crippen LogP contribution in [0, 0.1) is 5.92 Å². The molecule has 2 atom stereocenters. The van der Waals surface area contributed by atoms with Crippen LogP contribution in [0.3, 0.4) is 0 Å². The second kappa shape index (κ2) is 7.64. The number of aromatic nitrogens is 2. The number of nitrogens with zero attached hydrogens (tertiary/aromatic N) is 4. The molecule has 1 aliphatic carbocycles. The van der Waals surface area contributed by atoms with Gasteiger partial charge in [-0.05, 0) is 25.0 Å². The zero-order chi connectivity index (χ0) is 18.9. The minimum atomic E-state index is -0.00280. The standard InChI is InChI=1S/C21H22N4OS2/c26-20(24-10-12-25(13-11-24)21-22-9-14-27-21)16-6-2-1-5-15(16)19-23-17-7-3-4-8-18(17)28-19/h1-4,7-9,14-16H,5-6,10-13H2/t15-,16+/m1/s1. The highest BCUT2D eigenvalue weighted by molar-refractivity contribution is 7.18. The number of amides is 1. The normalized spacial score (nSPS) is 22.7. The second-order valence-corrected chi connectivity index (χ2v) is 9.24. The lowest BCUT2D eigenvalue weighted by atomic mass is 9.82. The van der Waals surface area contributed by atoms with Crippen molar-refractivity contribution >= 4 is 43.9 Å². The van der Waals surface area contributed by atoms with Gasteiger partial charge in [-0.15, -0.1) is 22.7 Å². The molecule has 3 heterocycles. The van der Waals surface area contributed by atoms with Crippen molar-refractivity contribution in [2.24, 2.45) is 5.92 Å². The quantitative estimate of drug-likeness (QED) is 0.609. The molecule has 0 saturated carbocycles. The summed E-state index contributed by atoms with van der Waals surface area (Å²) in [5, 5.41) is 4.16. The van der Waals surface area contributed by atoms with Gasteiger partial charge in [0, 0.05) is 43.7 Å². The van der Waals surface area contributed by atoms with Gasteiger partial charge in [0.15, 0.2) is 5.13 Å². The number of thiazole rings is 2. The minimum absolute atomic E-state index is 0.00280. The van der Waals surface area contributed by atoms with Crippen molar-refractivity contribution in [3.63, 3.8) is 0 Å². The van der Waals surface area contributed by atoms with E-state index in [4.69, 9.17) is 4.98 Å². The maximum absolute atomic E-state index is 13.4. The van der Waals surface area contributed by atoms with Crippen LogP contribution in [0.15, 0.2) is 48.0 Å². The number of piperazine rings is 1. The monoisotopic (exact) mass is 410 g/mol. The van der Waals surface area contributed by atoms with E-state index in [0.717, 1.165) is 54.7 Å². The highest BCUT2D eigenvalue weighted by atomic mass is 32.1. The Bertz CT molecular complexity index is 956. The minimum Gasteiger partial charge on any atom is -0.345 e. The van der Waals surface area contributed by atoms with Crippen LogP contribution in [0.4, 0.5) is 5.13 Å². The van der Waals surface area contributed by atoms with E-state index in [-0.39, 0.29) is 17.7 Å². The molecule has 5 rings (SSSR count). The number of rotatable bonds is 3. The number of anilines is 1. The first kappa shape index (κ1) is 17.8. The molecule has 0 spiro atoms. The van der Waals surface area contributed by atoms with Crippen LogP contribution in [0.2, 0.25) is 0 Å². The van der Waals surface area contributed by atoms with Crippen LogP contribution in [0.5, 0.6) is 0 Å². The topological polar surface area (TPSA) is 49.3 Å². The maximum atomic E-state index is 13.4. The molecule has 2 aliphatic rings. The van der Waals surface area contributed by atoms with Crippen molar-refractivity contribution in [3.8, 4) is 0 Å². The summed E-state index contributed by atoms with van der Waals surface area (Å²) in [7, 11) is 0. The Morgan fingerprint density at radius 1 is 1.07 bits per heavy atom. The lowest BCUT2D eigenvalue weighted by Gasteiger charge is -2.38. The molecular formula is C21H22N4OS2. The van der Waals surface area contributed by atoms with E-state index in [9.17, 15) is 4.79 Å². The third kappa shape index (κ3) is 3.33. The fourth-order valence-electron chi connectivity index (χ4n) is 4.13. The summed E-state index contributed by atoms with van der Waals surface area (Å²) in [6.07, 6.45) is 7.93. The zero-order valence-corrected chi connectivity index (χ0v) is 17.2. The van der Waals surface area contributed by atoms with Crippen LogP contribution in [-0.4, -0.2) is 47.0 Å².